The highest BCUT2D eigenvalue weighted by molar-refractivity contribution is 5.07. The van der Waals surface area contributed by atoms with E-state index in [9.17, 15) is 0 Å². The van der Waals surface area contributed by atoms with E-state index in [1.807, 2.05) is 0 Å². The molecule has 0 aromatic carbocycles. The van der Waals surface area contributed by atoms with Crippen LogP contribution >= 0.6 is 0 Å². The quantitative estimate of drug-likeness (QED) is 0.787. The second-order valence-corrected chi connectivity index (χ2v) is 8.26. The van der Waals surface area contributed by atoms with E-state index in [2.05, 4.69) is 20.8 Å². The smallest absolute Gasteiger partial charge is 0.00157 e. The fraction of sp³-hybridized carbons (Fsp3) is 1.00. The van der Waals surface area contributed by atoms with Crippen molar-refractivity contribution >= 4 is 0 Å². The summed E-state index contributed by atoms with van der Waals surface area (Å²) in [5.41, 5.74) is 7.20. The maximum absolute atomic E-state index is 6.10. The summed E-state index contributed by atoms with van der Waals surface area (Å²) in [5, 5.41) is 0. The van der Waals surface area contributed by atoms with E-state index >= 15 is 0 Å². The van der Waals surface area contributed by atoms with Crippen molar-refractivity contribution in [3.63, 3.8) is 0 Å². The first kappa shape index (κ1) is 12.0. The van der Waals surface area contributed by atoms with Gasteiger partial charge in [-0.2, -0.15) is 0 Å². The van der Waals surface area contributed by atoms with Gasteiger partial charge in [-0.05, 0) is 80.5 Å². The highest BCUT2D eigenvalue weighted by atomic mass is 14.7. The van der Waals surface area contributed by atoms with Gasteiger partial charge in [0, 0.05) is 6.04 Å². The summed E-state index contributed by atoms with van der Waals surface area (Å²) >= 11 is 0. The molecule has 1 nitrogen and oxygen atoms in total. The Morgan fingerprint density at radius 3 is 1.82 bits per heavy atom. The molecule has 2 N–H and O–H groups in total. The zero-order valence-electron chi connectivity index (χ0n) is 11.8. The molecule has 0 aromatic rings. The van der Waals surface area contributed by atoms with Gasteiger partial charge in [-0.15, -0.1) is 0 Å². The van der Waals surface area contributed by atoms with E-state index in [4.69, 9.17) is 5.73 Å². The van der Waals surface area contributed by atoms with Crippen molar-refractivity contribution in [2.45, 2.75) is 71.8 Å². The molecule has 17 heavy (non-hydrogen) atoms. The molecule has 0 radical (unpaired) electrons. The van der Waals surface area contributed by atoms with Crippen LogP contribution in [0, 0.1) is 28.6 Å². The molecule has 4 aliphatic carbocycles. The highest BCUT2D eigenvalue weighted by Gasteiger charge is 2.56. The van der Waals surface area contributed by atoms with E-state index in [0.717, 1.165) is 17.8 Å². The van der Waals surface area contributed by atoms with Crippen molar-refractivity contribution in [2.75, 3.05) is 0 Å². The van der Waals surface area contributed by atoms with Crippen LogP contribution in [0.3, 0.4) is 0 Å². The summed E-state index contributed by atoms with van der Waals surface area (Å²) in [4.78, 5) is 0. The Morgan fingerprint density at radius 1 is 1.06 bits per heavy atom. The first-order chi connectivity index (χ1) is 7.90. The van der Waals surface area contributed by atoms with Gasteiger partial charge in [0.2, 0.25) is 0 Å². The van der Waals surface area contributed by atoms with E-state index in [1.54, 1.807) is 19.3 Å². The summed E-state index contributed by atoms with van der Waals surface area (Å²) in [5.74, 6) is 3.19. The second kappa shape index (κ2) is 3.73. The number of hydrogen-bond acceptors (Lipinski definition) is 1. The first-order valence-electron chi connectivity index (χ1n) is 7.66. The minimum atomic E-state index is 0.359. The average Bonchev–Trinajstić information content (AvgIpc) is 2.12. The lowest BCUT2D eigenvalue weighted by Crippen LogP contribution is -2.53. The lowest BCUT2D eigenvalue weighted by atomic mass is 9.42. The number of nitrogens with two attached hydrogens (primary N) is 1. The Hall–Kier alpha value is -0.0400. The van der Waals surface area contributed by atoms with Gasteiger partial charge in [0.25, 0.3) is 0 Å². The summed E-state index contributed by atoms with van der Waals surface area (Å²) in [7, 11) is 0. The van der Waals surface area contributed by atoms with Crippen LogP contribution in [-0.4, -0.2) is 6.04 Å². The van der Waals surface area contributed by atoms with Gasteiger partial charge in [-0.25, -0.2) is 0 Å². The molecule has 0 aliphatic heterocycles. The Bertz CT molecular complexity index is 267. The zero-order chi connectivity index (χ0) is 12.3. The molecule has 0 saturated heterocycles. The van der Waals surface area contributed by atoms with Crippen LogP contribution < -0.4 is 5.73 Å². The summed E-state index contributed by atoms with van der Waals surface area (Å²) in [6, 6.07) is 0.359. The third-order valence-corrected chi connectivity index (χ3v) is 6.31. The van der Waals surface area contributed by atoms with Crippen LogP contribution in [0.15, 0.2) is 0 Å². The molecule has 1 heteroatoms. The van der Waals surface area contributed by atoms with Crippen LogP contribution in [0.4, 0.5) is 0 Å². The molecule has 4 bridgehead atoms. The van der Waals surface area contributed by atoms with Crippen LogP contribution in [0.25, 0.3) is 0 Å². The molecule has 1 atom stereocenters. The van der Waals surface area contributed by atoms with Crippen molar-refractivity contribution in [3.8, 4) is 0 Å². The summed E-state index contributed by atoms with van der Waals surface area (Å²) in [6.07, 6.45) is 10.4. The normalized spacial score (nSPS) is 46.2. The largest absolute Gasteiger partial charge is 0.328 e. The van der Waals surface area contributed by atoms with Crippen LogP contribution in [0.5, 0.6) is 0 Å². The van der Waals surface area contributed by atoms with Crippen LogP contribution in [-0.2, 0) is 0 Å². The number of hydrogen-bond donors (Lipinski definition) is 1. The van der Waals surface area contributed by atoms with Crippen molar-refractivity contribution in [2.24, 2.45) is 34.3 Å². The Morgan fingerprint density at radius 2 is 1.47 bits per heavy atom. The third kappa shape index (κ3) is 1.85. The minimum Gasteiger partial charge on any atom is -0.328 e. The molecule has 98 valence electrons. The van der Waals surface area contributed by atoms with Crippen molar-refractivity contribution in [1.82, 2.24) is 0 Å². The molecular formula is C16H29N. The van der Waals surface area contributed by atoms with E-state index < -0.39 is 0 Å². The van der Waals surface area contributed by atoms with Gasteiger partial charge in [-0.3, -0.25) is 0 Å². The molecule has 0 aromatic heterocycles. The topological polar surface area (TPSA) is 26.0 Å². The van der Waals surface area contributed by atoms with Crippen LogP contribution in [0.2, 0.25) is 0 Å². The highest BCUT2D eigenvalue weighted by Crippen LogP contribution is 2.66. The van der Waals surface area contributed by atoms with E-state index in [-0.39, 0.29) is 0 Å². The molecule has 0 amide bonds. The predicted molar refractivity (Wildman–Crippen MR) is 72.7 cm³/mol. The van der Waals surface area contributed by atoms with Crippen LogP contribution in [0.1, 0.15) is 65.7 Å². The fourth-order valence-corrected chi connectivity index (χ4v) is 5.96. The van der Waals surface area contributed by atoms with Gasteiger partial charge in [0.1, 0.15) is 0 Å². The van der Waals surface area contributed by atoms with Gasteiger partial charge in [0.15, 0.2) is 0 Å². The summed E-state index contributed by atoms with van der Waals surface area (Å²) < 4.78 is 0. The van der Waals surface area contributed by atoms with Gasteiger partial charge < -0.3 is 5.73 Å². The zero-order valence-corrected chi connectivity index (χ0v) is 11.8. The molecule has 4 rings (SSSR count). The Balaban J connectivity index is 1.86. The Kier molecular flexibility index (Phi) is 2.63. The number of rotatable bonds is 3. The average molecular weight is 235 g/mol. The Labute approximate surface area is 107 Å². The maximum Gasteiger partial charge on any atom is 0.00157 e. The molecular weight excluding hydrogens is 206 g/mol. The molecule has 4 saturated carbocycles. The predicted octanol–water partition coefficient (Wildman–Crippen LogP) is 3.97. The van der Waals surface area contributed by atoms with Crippen molar-refractivity contribution in [3.05, 3.63) is 0 Å². The van der Waals surface area contributed by atoms with E-state index in [1.165, 1.54) is 25.7 Å². The molecule has 4 aliphatic rings. The monoisotopic (exact) mass is 235 g/mol. The lowest BCUT2D eigenvalue weighted by molar-refractivity contribution is -0.123. The third-order valence-electron chi connectivity index (χ3n) is 6.31. The fourth-order valence-electron chi connectivity index (χ4n) is 5.96. The molecule has 0 spiro atoms. The standard InChI is InChI=1S/C16H29N/c1-11(17)7-15(2,3)16-8-12-4-13(9-16)6-14(5-12)10-16/h11-14H,4-10,17H2,1-3H3. The minimum absolute atomic E-state index is 0.359. The first-order valence-corrected chi connectivity index (χ1v) is 7.66. The van der Waals surface area contributed by atoms with Crippen molar-refractivity contribution in [1.29, 1.82) is 0 Å². The lowest BCUT2D eigenvalue weighted by Gasteiger charge is -2.63. The maximum atomic E-state index is 6.10. The molecule has 1 unspecified atom stereocenters. The van der Waals surface area contributed by atoms with Gasteiger partial charge >= 0.3 is 0 Å². The van der Waals surface area contributed by atoms with Crippen molar-refractivity contribution < 1.29 is 0 Å². The molecule has 4 fully saturated rings. The molecule has 0 heterocycles. The van der Waals surface area contributed by atoms with Gasteiger partial charge in [-0.1, -0.05) is 13.8 Å². The second-order valence-electron chi connectivity index (χ2n) is 8.26. The summed E-state index contributed by atoms with van der Waals surface area (Å²) in [6.45, 7) is 7.19. The SMILES string of the molecule is CC(N)CC(C)(C)C12CC3CC(CC(C3)C1)C2. The van der Waals surface area contributed by atoms with E-state index in [0.29, 0.717) is 16.9 Å². The van der Waals surface area contributed by atoms with Gasteiger partial charge in [0.05, 0.1) is 0 Å².